The fraction of sp³-hybridized carbons (Fsp3) is 0.500. The van der Waals surface area contributed by atoms with Crippen LogP contribution >= 0.6 is 0 Å². The highest BCUT2D eigenvalue weighted by molar-refractivity contribution is 5.27. The minimum atomic E-state index is -4.63. The van der Waals surface area contributed by atoms with E-state index < -0.39 is 6.36 Å². The van der Waals surface area contributed by atoms with Gasteiger partial charge in [-0.25, -0.2) is 0 Å². The zero-order valence-corrected chi connectivity index (χ0v) is 9.76. The Morgan fingerprint density at radius 2 is 2.00 bits per heavy atom. The second-order valence-electron chi connectivity index (χ2n) is 4.26. The molecule has 3 nitrogen and oxygen atoms in total. The van der Waals surface area contributed by atoms with E-state index >= 15 is 0 Å². The third-order valence-corrected chi connectivity index (χ3v) is 2.81. The zero-order valence-electron chi connectivity index (χ0n) is 9.76. The molecule has 1 saturated heterocycles. The van der Waals surface area contributed by atoms with E-state index in [-0.39, 0.29) is 5.75 Å². The number of ether oxygens (including phenoxy) is 1. The number of halogens is 3. The average Bonchev–Trinajstić information content (AvgIpc) is 2.79. The van der Waals surface area contributed by atoms with Crippen LogP contribution in [-0.4, -0.2) is 25.5 Å². The molecule has 2 rings (SSSR count). The van der Waals surface area contributed by atoms with Crippen LogP contribution in [0.2, 0.25) is 0 Å². The number of hydrogen-bond acceptors (Lipinski definition) is 3. The van der Waals surface area contributed by atoms with Crippen LogP contribution in [0.4, 0.5) is 13.2 Å². The topological polar surface area (TPSA) is 33.3 Å². The van der Waals surface area contributed by atoms with Crippen LogP contribution in [0.25, 0.3) is 0 Å². The second-order valence-corrected chi connectivity index (χ2v) is 4.26. The molecular formula is C12H15F3N2O. The lowest BCUT2D eigenvalue weighted by molar-refractivity contribution is -0.274. The van der Waals surface area contributed by atoms with Gasteiger partial charge >= 0.3 is 6.36 Å². The molecule has 1 heterocycles. The molecule has 1 unspecified atom stereocenters. The Balaban J connectivity index is 1.83. The third kappa shape index (κ3) is 4.19. The molecule has 1 fully saturated rings. The normalized spacial score (nSPS) is 20.1. The van der Waals surface area contributed by atoms with Gasteiger partial charge in [0.15, 0.2) is 0 Å². The summed E-state index contributed by atoms with van der Waals surface area (Å²) in [6.07, 6.45) is -3.55. The molecule has 1 aromatic carbocycles. The highest BCUT2D eigenvalue weighted by Gasteiger charge is 2.30. The Morgan fingerprint density at radius 1 is 1.28 bits per heavy atom. The van der Waals surface area contributed by atoms with Gasteiger partial charge in [0.2, 0.25) is 0 Å². The van der Waals surface area contributed by atoms with E-state index in [4.69, 9.17) is 0 Å². The van der Waals surface area contributed by atoms with E-state index in [1.807, 2.05) is 0 Å². The summed E-state index contributed by atoms with van der Waals surface area (Å²) in [6.45, 7) is 2.60. The smallest absolute Gasteiger partial charge is 0.406 e. The molecule has 1 atom stereocenters. The molecule has 0 spiro atoms. The van der Waals surface area contributed by atoms with Gasteiger partial charge in [0.1, 0.15) is 5.75 Å². The first kappa shape index (κ1) is 13.2. The minimum Gasteiger partial charge on any atom is -0.406 e. The number of benzene rings is 1. The number of nitrogens with one attached hydrogen (secondary N) is 2. The van der Waals surface area contributed by atoms with Crippen molar-refractivity contribution in [3.8, 4) is 5.75 Å². The summed E-state index contributed by atoms with van der Waals surface area (Å²) in [4.78, 5) is 0. The molecule has 1 aliphatic heterocycles. The van der Waals surface area contributed by atoms with Crippen LogP contribution in [0.15, 0.2) is 24.3 Å². The van der Waals surface area contributed by atoms with E-state index in [0.29, 0.717) is 12.6 Å². The monoisotopic (exact) mass is 260 g/mol. The molecule has 1 aromatic rings. The summed E-state index contributed by atoms with van der Waals surface area (Å²) >= 11 is 0. The maximum Gasteiger partial charge on any atom is 0.573 e. The van der Waals surface area contributed by atoms with Crippen molar-refractivity contribution >= 4 is 0 Å². The van der Waals surface area contributed by atoms with Gasteiger partial charge in [-0.05, 0) is 30.7 Å². The lowest BCUT2D eigenvalue weighted by Crippen LogP contribution is -2.30. The SMILES string of the molecule is FC(F)(F)Oc1ccc(CNC2CCNC2)cc1. The standard InChI is InChI=1S/C12H15F3N2O/c13-12(14,15)18-11-3-1-9(2-4-11)7-17-10-5-6-16-8-10/h1-4,10,16-17H,5-8H2. The largest absolute Gasteiger partial charge is 0.573 e. The summed E-state index contributed by atoms with van der Waals surface area (Å²) in [5.41, 5.74) is 0.941. The molecule has 1 aliphatic rings. The Hall–Kier alpha value is -1.27. The minimum absolute atomic E-state index is 0.186. The van der Waals surface area contributed by atoms with E-state index in [2.05, 4.69) is 15.4 Å². The van der Waals surface area contributed by atoms with Crippen molar-refractivity contribution in [1.29, 1.82) is 0 Å². The van der Waals surface area contributed by atoms with Gasteiger partial charge in [0.05, 0.1) is 0 Å². The van der Waals surface area contributed by atoms with Crippen molar-refractivity contribution in [2.45, 2.75) is 25.4 Å². The Morgan fingerprint density at radius 3 is 2.56 bits per heavy atom. The maximum atomic E-state index is 12.0. The molecule has 0 aliphatic carbocycles. The summed E-state index contributed by atoms with van der Waals surface area (Å²) in [6, 6.07) is 6.37. The number of alkyl halides is 3. The molecule has 2 N–H and O–H groups in total. The first-order chi connectivity index (χ1) is 8.53. The lowest BCUT2D eigenvalue weighted by atomic mass is 10.2. The molecule has 0 saturated carbocycles. The van der Waals surface area contributed by atoms with Crippen molar-refractivity contribution in [2.24, 2.45) is 0 Å². The zero-order chi connectivity index (χ0) is 13.0. The molecule has 6 heteroatoms. The fourth-order valence-electron chi connectivity index (χ4n) is 1.90. The predicted octanol–water partition coefficient (Wildman–Crippen LogP) is 2.04. The summed E-state index contributed by atoms with van der Waals surface area (Å²) < 4.78 is 39.7. The highest BCUT2D eigenvalue weighted by atomic mass is 19.4. The van der Waals surface area contributed by atoms with Gasteiger partial charge < -0.3 is 15.4 Å². The summed E-state index contributed by atoms with van der Waals surface area (Å²) in [7, 11) is 0. The number of rotatable bonds is 4. The number of hydrogen-bond donors (Lipinski definition) is 2. The van der Waals surface area contributed by atoms with Crippen LogP contribution < -0.4 is 15.4 Å². The molecule has 0 bridgehead atoms. The van der Waals surface area contributed by atoms with Gasteiger partial charge in [-0.3, -0.25) is 0 Å². The van der Waals surface area contributed by atoms with Crippen LogP contribution in [-0.2, 0) is 6.54 Å². The molecule has 100 valence electrons. The summed E-state index contributed by atoms with van der Waals surface area (Å²) in [5.74, 6) is -0.186. The molecular weight excluding hydrogens is 245 g/mol. The van der Waals surface area contributed by atoms with Crippen LogP contribution in [0.5, 0.6) is 5.75 Å². The molecule has 0 amide bonds. The Kier molecular flexibility index (Phi) is 4.08. The van der Waals surface area contributed by atoms with E-state index in [9.17, 15) is 13.2 Å². The van der Waals surface area contributed by atoms with Gasteiger partial charge in [-0.2, -0.15) is 0 Å². The van der Waals surface area contributed by atoms with E-state index in [0.717, 1.165) is 25.1 Å². The predicted molar refractivity (Wildman–Crippen MR) is 61.2 cm³/mol. The second kappa shape index (κ2) is 5.58. The van der Waals surface area contributed by atoms with Gasteiger partial charge in [-0.15, -0.1) is 13.2 Å². The fourth-order valence-corrected chi connectivity index (χ4v) is 1.90. The quantitative estimate of drug-likeness (QED) is 0.869. The van der Waals surface area contributed by atoms with E-state index in [1.165, 1.54) is 12.1 Å². The Labute approximate surface area is 103 Å². The lowest BCUT2D eigenvalue weighted by Gasteiger charge is -2.12. The van der Waals surface area contributed by atoms with Gasteiger partial charge in [-0.1, -0.05) is 12.1 Å². The average molecular weight is 260 g/mol. The van der Waals surface area contributed by atoms with Crippen molar-refractivity contribution < 1.29 is 17.9 Å². The highest BCUT2D eigenvalue weighted by Crippen LogP contribution is 2.22. The Bertz CT molecular complexity index is 372. The molecule has 0 radical (unpaired) electrons. The van der Waals surface area contributed by atoms with Gasteiger partial charge in [0.25, 0.3) is 0 Å². The van der Waals surface area contributed by atoms with Crippen molar-refractivity contribution in [3.63, 3.8) is 0 Å². The van der Waals surface area contributed by atoms with Crippen LogP contribution in [0, 0.1) is 0 Å². The van der Waals surface area contributed by atoms with Crippen molar-refractivity contribution in [1.82, 2.24) is 10.6 Å². The summed E-state index contributed by atoms with van der Waals surface area (Å²) in [5, 5.41) is 6.58. The first-order valence-corrected chi connectivity index (χ1v) is 5.82. The van der Waals surface area contributed by atoms with Crippen LogP contribution in [0.1, 0.15) is 12.0 Å². The van der Waals surface area contributed by atoms with Crippen molar-refractivity contribution in [2.75, 3.05) is 13.1 Å². The maximum absolute atomic E-state index is 12.0. The van der Waals surface area contributed by atoms with Crippen LogP contribution in [0.3, 0.4) is 0 Å². The van der Waals surface area contributed by atoms with Gasteiger partial charge in [0, 0.05) is 19.1 Å². The van der Waals surface area contributed by atoms with E-state index in [1.54, 1.807) is 12.1 Å². The first-order valence-electron chi connectivity index (χ1n) is 5.82. The third-order valence-electron chi connectivity index (χ3n) is 2.81. The molecule has 0 aromatic heterocycles. The molecule has 18 heavy (non-hydrogen) atoms. The van der Waals surface area contributed by atoms with Crippen molar-refractivity contribution in [3.05, 3.63) is 29.8 Å².